The van der Waals surface area contributed by atoms with Crippen LogP contribution in [0.1, 0.15) is 47.4 Å². The molecule has 4 heterocycles. The van der Waals surface area contributed by atoms with Gasteiger partial charge in [0.2, 0.25) is 5.82 Å². The van der Waals surface area contributed by atoms with E-state index in [2.05, 4.69) is 10.1 Å². The molecule has 1 aliphatic heterocycles. The van der Waals surface area contributed by atoms with Crippen molar-refractivity contribution in [3.63, 3.8) is 0 Å². The van der Waals surface area contributed by atoms with Crippen LogP contribution in [0.2, 0.25) is 0 Å². The Morgan fingerprint density at radius 1 is 1.24 bits per heavy atom. The van der Waals surface area contributed by atoms with Crippen molar-refractivity contribution in [3.05, 3.63) is 81.3 Å². The zero-order chi connectivity index (χ0) is 24.0. The average Bonchev–Trinajstić information content (AvgIpc) is 3.28. The first kappa shape index (κ1) is 21.9. The van der Waals surface area contributed by atoms with Crippen LogP contribution in [0.25, 0.3) is 16.9 Å². The lowest BCUT2D eigenvalue weighted by Crippen LogP contribution is -2.24. The van der Waals surface area contributed by atoms with E-state index in [1.54, 1.807) is 10.9 Å². The third-order valence-electron chi connectivity index (χ3n) is 6.09. The summed E-state index contributed by atoms with van der Waals surface area (Å²) in [5.41, 5.74) is 0.846. The molecule has 5 rings (SSSR count). The number of ether oxygens (including phenoxy) is 1. The number of hydrogen-bond acceptors (Lipinski definition) is 6. The molecular weight excluding hydrogens is 442 g/mol. The SMILES string of the molecule is Cc1nc2c(-c3ccc(C#N)cc3F)nc([C@@H]3CCO[C@H](c4cnn(C)c4)C3)cn2c(=O)c1F. The minimum atomic E-state index is -0.971. The number of benzene rings is 1. The van der Waals surface area contributed by atoms with Gasteiger partial charge in [-0.05, 0) is 38.0 Å². The molecule has 0 amide bonds. The Balaban J connectivity index is 1.67. The van der Waals surface area contributed by atoms with Gasteiger partial charge in [-0.25, -0.2) is 14.4 Å². The third kappa shape index (κ3) is 3.74. The number of nitriles is 1. The summed E-state index contributed by atoms with van der Waals surface area (Å²) in [6, 6.07) is 5.88. The maximum absolute atomic E-state index is 15.0. The number of fused-ring (bicyclic) bond motifs is 1. The van der Waals surface area contributed by atoms with Gasteiger partial charge in [-0.2, -0.15) is 14.8 Å². The van der Waals surface area contributed by atoms with Crippen LogP contribution < -0.4 is 5.56 Å². The first-order valence-electron chi connectivity index (χ1n) is 10.7. The Morgan fingerprint density at radius 2 is 2.06 bits per heavy atom. The number of halogens is 2. The molecule has 2 atom stereocenters. The van der Waals surface area contributed by atoms with Gasteiger partial charge in [-0.3, -0.25) is 13.9 Å². The summed E-state index contributed by atoms with van der Waals surface area (Å²) >= 11 is 0. The first-order chi connectivity index (χ1) is 16.4. The van der Waals surface area contributed by atoms with Crippen molar-refractivity contribution in [1.82, 2.24) is 24.1 Å². The summed E-state index contributed by atoms with van der Waals surface area (Å²) in [6.45, 7) is 1.83. The highest BCUT2D eigenvalue weighted by atomic mass is 19.1. The summed E-state index contributed by atoms with van der Waals surface area (Å²) in [7, 11) is 1.82. The van der Waals surface area contributed by atoms with Gasteiger partial charge in [0, 0.05) is 43.1 Å². The van der Waals surface area contributed by atoms with E-state index in [0.717, 1.165) is 16.0 Å². The van der Waals surface area contributed by atoms with Crippen molar-refractivity contribution in [2.24, 2.45) is 7.05 Å². The van der Waals surface area contributed by atoms with E-state index in [9.17, 15) is 13.6 Å². The number of aryl methyl sites for hydroxylation is 2. The first-order valence-corrected chi connectivity index (χ1v) is 10.7. The van der Waals surface area contributed by atoms with E-state index >= 15 is 0 Å². The van der Waals surface area contributed by atoms with E-state index in [0.29, 0.717) is 25.1 Å². The quantitative estimate of drug-likeness (QED) is 0.462. The smallest absolute Gasteiger partial charge is 0.294 e. The van der Waals surface area contributed by atoms with E-state index in [1.807, 2.05) is 19.3 Å². The van der Waals surface area contributed by atoms with Gasteiger partial charge in [-0.1, -0.05) is 0 Å². The predicted octanol–water partition coefficient (Wildman–Crippen LogP) is 3.58. The summed E-state index contributed by atoms with van der Waals surface area (Å²) in [4.78, 5) is 21.7. The molecule has 1 fully saturated rings. The fourth-order valence-corrected chi connectivity index (χ4v) is 4.30. The minimum Gasteiger partial charge on any atom is -0.373 e. The summed E-state index contributed by atoms with van der Waals surface area (Å²) in [6.07, 6.45) is 6.08. The largest absolute Gasteiger partial charge is 0.373 e. The van der Waals surface area contributed by atoms with Crippen molar-refractivity contribution >= 4 is 5.65 Å². The van der Waals surface area contributed by atoms with Gasteiger partial charge in [0.1, 0.15) is 11.5 Å². The van der Waals surface area contributed by atoms with E-state index in [4.69, 9.17) is 15.0 Å². The van der Waals surface area contributed by atoms with Gasteiger partial charge >= 0.3 is 0 Å². The van der Waals surface area contributed by atoms with Crippen molar-refractivity contribution in [1.29, 1.82) is 5.26 Å². The molecule has 0 saturated carbocycles. The molecule has 0 spiro atoms. The second-order valence-electron chi connectivity index (χ2n) is 8.36. The summed E-state index contributed by atoms with van der Waals surface area (Å²) in [5.74, 6) is -1.78. The maximum atomic E-state index is 15.0. The van der Waals surface area contributed by atoms with Crippen molar-refractivity contribution < 1.29 is 13.5 Å². The van der Waals surface area contributed by atoms with E-state index in [-0.39, 0.29) is 40.2 Å². The highest BCUT2D eigenvalue weighted by Crippen LogP contribution is 2.37. The van der Waals surface area contributed by atoms with Crippen LogP contribution in [0.3, 0.4) is 0 Å². The van der Waals surface area contributed by atoms with E-state index in [1.165, 1.54) is 25.3 Å². The molecule has 34 heavy (non-hydrogen) atoms. The second kappa shape index (κ2) is 8.43. The molecule has 8 nitrogen and oxygen atoms in total. The highest BCUT2D eigenvalue weighted by molar-refractivity contribution is 5.74. The average molecular weight is 462 g/mol. The van der Waals surface area contributed by atoms with Crippen molar-refractivity contribution in [2.75, 3.05) is 6.61 Å². The summed E-state index contributed by atoms with van der Waals surface area (Å²) < 4.78 is 38.2. The standard InChI is InChI=1S/C24H20F2N6O2/c1-13-21(26)24(33)32-12-19(15-5-6-34-20(8-15)16-10-28-31(2)11-16)30-22(23(32)29-13)17-4-3-14(9-27)7-18(17)25/h3-4,7,10-12,15,20H,5-6,8H2,1-2H3/t15-,20+/m1/s1. The van der Waals surface area contributed by atoms with Crippen LogP contribution in [0.4, 0.5) is 8.78 Å². The topological polar surface area (TPSA) is 98.1 Å². The molecule has 1 aromatic carbocycles. The fourth-order valence-electron chi connectivity index (χ4n) is 4.30. The van der Waals surface area contributed by atoms with Crippen LogP contribution in [0.5, 0.6) is 0 Å². The van der Waals surface area contributed by atoms with Crippen LogP contribution in [-0.4, -0.2) is 30.8 Å². The zero-order valence-corrected chi connectivity index (χ0v) is 18.5. The number of nitrogens with zero attached hydrogens (tertiary/aromatic N) is 6. The predicted molar refractivity (Wildman–Crippen MR) is 118 cm³/mol. The number of aromatic nitrogens is 5. The molecule has 0 radical (unpaired) electrons. The zero-order valence-electron chi connectivity index (χ0n) is 18.5. The van der Waals surface area contributed by atoms with Gasteiger partial charge in [0.15, 0.2) is 5.65 Å². The molecule has 0 aliphatic carbocycles. The van der Waals surface area contributed by atoms with Gasteiger partial charge in [0.25, 0.3) is 5.56 Å². The maximum Gasteiger partial charge on any atom is 0.294 e. The van der Waals surface area contributed by atoms with Crippen LogP contribution >= 0.6 is 0 Å². The van der Waals surface area contributed by atoms with Gasteiger partial charge in [-0.15, -0.1) is 0 Å². The summed E-state index contributed by atoms with van der Waals surface area (Å²) in [5, 5.41) is 13.3. The molecule has 10 heteroatoms. The second-order valence-corrected chi connectivity index (χ2v) is 8.36. The number of rotatable bonds is 3. The van der Waals surface area contributed by atoms with Crippen molar-refractivity contribution in [2.45, 2.75) is 31.8 Å². The Hall–Kier alpha value is -3.97. The molecule has 1 aliphatic rings. The normalized spacial score (nSPS) is 18.2. The fraction of sp³-hybridized carbons (Fsp3) is 0.292. The molecule has 0 N–H and O–H groups in total. The van der Waals surface area contributed by atoms with E-state index < -0.39 is 17.2 Å². The lowest BCUT2D eigenvalue weighted by atomic mass is 9.90. The molecule has 1 saturated heterocycles. The van der Waals surface area contributed by atoms with Crippen LogP contribution in [0, 0.1) is 29.9 Å². The minimum absolute atomic E-state index is 0.0483. The monoisotopic (exact) mass is 462 g/mol. The molecule has 4 aromatic rings. The third-order valence-corrected chi connectivity index (χ3v) is 6.09. The lowest BCUT2D eigenvalue weighted by molar-refractivity contribution is 0.00455. The Bertz CT molecular complexity index is 1520. The van der Waals surface area contributed by atoms with Crippen molar-refractivity contribution in [3.8, 4) is 17.3 Å². The Labute approximate surface area is 193 Å². The molecule has 172 valence electrons. The van der Waals surface area contributed by atoms with Gasteiger partial charge in [0.05, 0.1) is 35.3 Å². The van der Waals surface area contributed by atoms with Crippen LogP contribution in [-0.2, 0) is 11.8 Å². The Kier molecular flexibility index (Phi) is 5.42. The molecule has 0 unspecified atom stereocenters. The number of hydrogen-bond donors (Lipinski definition) is 0. The highest BCUT2D eigenvalue weighted by Gasteiger charge is 2.29. The lowest BCUT2D eigenvalue weighted by Gasteiger charge is -2.29. The van der Waals surface area contributed by atoms with Gasteiger partial charge < -0.3 is 4.74 Å². The Morgan fingerprint density at radius 3 is 2.76 bits per heavy atom. The molecule has 0 bridgehead atoms. The molecular formula is C24H20F2N6O2. The molecule has 3 aromatic heterocycles. The van der Waals surface area contributed by atoms with Crippen LogP contribution in [0.15, 0.2) is 41.6 Å².